The molecule has 7 rings (SSSR count). The zero-order chi connectivity index (χ0) is 29.4. The fourth-order valence-electron chi connectivity index (χ4n) is 7.00. The molecule has 1 aliphatic heterocycles. The minimum atomic E-state index is -0.523. The lowest BCUT2D eigenvalue weighted by Crippen LogP contribution is -2.17. The normalized spacial score (nSPS) is 17.3. The molecule has 0 N–H and O–H groups in total. The molecule has 2 nitrogen and oxygen atoms in total. The molecule has 4 aromatic carbocycles. The van der Waals surface area contributed by atoms with Gasteiger partial charge in [-0.25, -0.2) is 9.97 Å². The second-order valence-corrected chi connectivity index (χ2v) is 18.7. The Hall–Kier alpha value is -2.92. The van der Waals surface area contributed by atoms with Gasteiger partial charge in [0.15, 0.2) is 0 Å². The fraction of sp³-hybridized carbons (Fsp3) is 0.316. The zero-order valence-corrected chi connectivity index (χ0v) is 27.9. The maximum Gasteiger partial charge on any atom is 0.0787 e. The van der Waals surface area contributed by atoms with Crippen molar-refractivity contribution >= 4 is 70.1 Å². The molecule has 0 radical (unpaired) electrons. The van der Waals surface area contributed by atoms with Gasteiger partial charge in [-0.05, 0) is 122 Å². The van der Waals surface area contributed by atoms with Crippen molar-refractivity contribution in [3.05, 3.63) is 94.0 Å². The molecule has 0 saturated heterocycles. The fourth-order valence-corrected chi connectivity index (χ4v) is 12.0. The Labute approximate surface area is 252 Å². The van der Waals surface area contributed by atoms with Gasteiger partial charge in [0, 0.05) is 32.2 Å². The lowest BCUT2D eigenvalue weighted by atomic mass is 10.0. The second-order valence-electron chi connectivity index (χ2n) is 13.1. The van der Waals surface area contributed by atoms with Crippen LogP contribution in [0.3, 0.4) is 0 Å². The van der Waals surface area contributed by atoms with Crippen LogP contribution in [0.15, 0.2) is 60.7 Å². The van der Waals surface area contributed by atoms with Crippen molar-refractivity contribution in [2.45, 2.75) is 79.0 Å². The molecule has 42 heavy (non-hydrogen) atoms. The molecule has 212 valence electrons. The maximum absolute atomic E-state index is 5.65. The molecule has 2 unspecified atom stereocenters. The predicted molar refractivity (Wildman–Crippen MR) is 188 cm³/mol. The highest BCUT2D eigenvalue weighted by Crippen LogP contribution is 2.49. The van der Waals surface area contributed by atoms with Crippen molar-refractivity contribution in [3.63, 3.8) is 0 Å². The van der Waals surface area contributed by atoms with Crippen LogP contribution < -0.4 is 10.6 Å². The van der Waals surface area contributed by atoms with Gasteiger partial charge in [-0.15, -0.1) is 0 Å². The summed E-state index contributed by atoms with van der Waals surface area (Å²) in [5.74, 6) is 0. The first-order valence-corrected chi connectivity index (χ1v) is 18.5. The SMILES string of the molecule is Cc1cc2c3nc4c(cc(C)cc4cc3c1)CP(C(C)C)c1cc(C)cc3cc4cc(C)cc(c4nc13)P(C(C)C)C2. The molecule has 0 saturated carbocycles. The van der Waals surface area contributed by atoms with Crippen LogP contribution in [0.1, 0.15) is 61.1 Å². The Bertz CT molecular complexity index is 1920. The van der Waals surface area contributed by atoms with E-state index in [0.717, 1.165) is 12.3 Å². The number of benzene rings is 4. The van der Waals surface area contributed by atoms with Crippen LogP contribution in [0.4, 0.5) is 0 Å². The third kappa shape index (κ3) is 4.72. The molecule has 0 spiro atoms. The largest absolute Gasteiger partial charge is 0.247 e. The van der Waals surface area contributed by atoms with Gasteiger partial charge in [0.1, 0.15) is 0 Å². The van der Waals surface area contributed by atoms with Gasteiger partial charge in [-0.3, -0.25) is 0 Å². The second kappa shape index (κ2) is 10.4. The number of aryl methyl sites for hydroxylation is 4. The van der Waals surface area contributed by atoms with E-state index in [9.17, 15) is 0 Å². The van der Waals surface area contributed by atoms with E-state index >= 15 is 0 Å². The van der Waals surface area contributed by atoms with E-state index in [1.165, 1.54) is 87.6 Å². The monoisotopic (exact) mass is 586 g/mol. The van der Waals surface area contributed by atoms with Crippen LogP contribution in [0, 0.1) is 27.7 Å². The standard InChI is InChI=1S/C38H40N2P2/c1-21(2)41-19-31-13-23(5)9-27-17-28-10-24(6)14-32(36(28)39-35(27)31)20-42(22(3)4)34-16-26(8)12-30-18-29-11-25(7)15-33(41)37(29)40-38(30)34/h9-18,21-22H,19-20H2,1-8H3. The molecule has 0 fully saturated rings. The first-order chi connectivity index (χ1) is 20.0. The molecule has 4 heteroatoms. The number of hydrogen-bond donors (Lipinski definition) is 0. The summed E-state index contributed by atoms with van der Waals surface area (Å²) in [6.07, 6.45) is 2.03. The van der Waals surface area contributed by atoms with Crippen molar-refractivity contribution in [1.29, 1.82) is 0 Å². The summed E-state index contributed by atoms with van der Waals surface area (Å²) >= 11 is 0. The summed E-state index contributed by atoms with van der Waals surface area (Å²) in [4.78, 5) is 11.2. The van der Waals surface area contributed by atoms with Gasteiger partial charge in [0.05, 0.1) is 22.1 Å². The average molecular weight is 587 g/mol. The van der Waals surface area contributed by atoms with Crippen LogP contribution in [0.2, 0.25) is 0 Å². The van der Waals surface area contributed by atoms with Crippen LogP contribution in [-0.2, 0) is 12.3 Å². The molecule has 4 bridgehead atoms. The first-order valence-electron chi connectivity index (χ1n) is 15.3. The molecule has 0 aliphatic carbocycles. The van der Waals surface area contributed by atoms with Gasteiger partial charge in [-0.1, -0.05) is 66.8 Å². The summed E-state index contributed by atoms with van der Waals surface area (Å²) in [5.41, 5.74) is 13.9. The Morgan fingerprint density at radius 3 is 1.17 bits per heavy atom. The van der Waals surface area contributed by atoms with Gasteiger partial charge in [0.25, 0.3) is 0 Å². The van der Waals surface area contributed by atoms with Gasteiger partial charge < -0.3 is 0 Å². The molecule has 2 aromatic heterocycles. The molecular formula is C38H40N2P2. The van der Waals surface area contributed by atoms with Crippen LogP contribution in [0.5, 0.6) is 0 Å². The number of nitrogens with zero attached hydrogens (tertiary/aromatic N) is 2. The average Bonchev–Trinajstić information content (AvgIpc) is 2.90. The zero-order valence-electron chi connectivity index (χ0n) is 26.1. The molecule has 0 amide bonds. The van der Waals surface area contributed by atoms with Crippen LogP contribution >= 0.6 is 15.8 Å². The number of pyridine rings is 2. The third-order valence-electron chi connectivity index (χ3n) is 8.87. The van der Waals surface area contributed by atoms with Crippen molar-refractivity contribution in [2.75, 3.05) is 0 Å². The van der Waals surface area contributed by atoms with Crippen molar-refractivity contribution in [1.82, 2.24) is 9.97 Å². The van der Waals surface area contributed by atoms with E-state index in [0.29, 0.717) is 11.3 Å². The molecule has 3 heterocycles. The molecule has 6 aromatic rings. The van der Waals surface area contributed by atoms with Gasteiger partial charge in [-0.2, -0.15) is 0 Å². The lowest BCUT2D eigenvalue weighted by Gasteiger charge is -2.27. The lowest BCUT2D eigenvalue weighted by molar-refractivity contribution is 1.08. The highest BCUT2D eigenvalue weighted by atomic mass is 31.1. The first kappa shape index (κ1) is 27.9. The summed E-state index contributed by atoms with van der Waals surface area (Å²) in [7, 11) is -1.05. The van der Waals surface area contributed by atoms with E-state index in [2.05, 4.69) is 116 Å². The maximum atomic E-state index is 5.65. The summed E-state index contributed by atoms with van der Waals surface area (Å²) < 4.78 is 0. The quantitative estimate of drug-likeness (QED) is 0.149. The van der Waals surface area contributed by atoms with Crippen LogP contribution in [0.25, 0.3) is 43.6 Å². The Morgan fingerprint density at radius 1 is 0.452 bits per heavy atom. The van der Waals surface area contributed by atoms with Gasteiger partial charge >= 0.3 is 0 Å². The number of aromatic nitrogens is 2. The summed E-state index contributed by atoms with van der Waals surface area (Å²) in [6, 6.07) is 23.9. The van der Waals surface area contributed by atoms with E-state index < -0.39 is 15.8 Å². The van der Waals surface area contributed by atoms with Crippen molar-refractivity contribution in [3.8, 4) is 0 Å². The number of rotatable bonds is 2. The molecule has 2 atom stereocenters. The minimum absolute atomic E-state index is 0.523. The smallest absolute Gasteiger partial charge is 0.0787 e. The Kier molecular flexibility index (Phi) is 6.88. The highest BCUT2D eigenvalue weighted by Gasteiger charge is 2.26. The van der Waals surface area contributed by atoms with E-state index in [1.807, 2.05) is 0 Å². The van der Waals surface area contributed by atoms with E-state index in [1.54, 1.807) is 0 Å². The van der Waals surface area contributed by atoms with Crippen LogP contribution in [-0.4, -0.2) is 21.3 Å². The van der Waals surface area contributed by atoms with Gasteiger partial charge in [0.2, 0.25) is 0 Å². The predicted octanol–water partition coefficient (Wildman–Crippen LogP) is 10.1. The minimum Gasteiger partial charge on any atom is -0.247 e. The molecular weight excluding hydrogens is 546 g/mol. The Morgan fingerprint density at radius 2 is 0.786 bits per heavy atom. The molecule has 1 aliphatic rings. The van der Waals surface area contributed by atoms with Crippen molar-refractivity contribution in [2.24, 2.45) is 0 Å². The highest BCUT2D eigenvalue weighted by molar-refractivity contribution is 7.66. The number of hydrogen-bond acceptors (Lipinski definition) is 2. The summed E-state index contributed by atoms with van der Waals surface area (Å²) in [5, 5.41) is 7.97. The summed E-state index contributed by atoms with van der Waals surface area (Å²) in [6.45, 7) is 18.6. The third-order valence-corrected chi connectivity index (χ3v) is 14.6. The van der Waals surface area contributed by atoms with Crippen molar-refractivity contribution < 1.29 is 0 Å². The van der Waals surface area contributed by atoms with E-state index in [-0.39, 0.29) is 0 Å². The Balaban J connectivity index is 1.65. The van der Waals surface area contributed by atoms with E-state index in [4.69, 9.17) is 9.97 Å². The topological polar surface area (TPSA) is 25.8 Å².